The molecule has 0 aliphatic carbocycles. The number of aromatic hydroxyl groups is 2. The van der Waals surface area contributed by atoms with Crippen molar-refractivity contribution in [1.82, 2.24) is 0 Å². The molecule has 1 unspecified atom stereocenters. The van der Waals surface area contributed by atoms with Gasteiger partial charge in [0.2, 0.25) is 0 Å². The van der Waals surface area contributed by atoms with Gasteiger partial charge in [-0.15, -0.1) is 0 Å². The Kier molecular flexibility index (Phi) is 4.09. The lowest BCUT2D eigenvalue weighted by Crippen LogP contribution is -2.20. The molecule has 0 spiro atoms. The maximum Gasteiger partial charge on any atom is 0.306 e. The van der Waals surface area contributed by atoms with E-state index in [2.05, 4.69) is 0 Å². The van der Waals surface area contributed by atoms with Crippen molar-refractivity contribution < 1.29 is 19.3 Å². The molecule has 3 aromatic carbocycles. The average Bonchev–Trinajstić information content (AvgIpc) is 2.58. The molecule has 0 fully saturated rings. The van der Waals surface area contributed by atoms with Gasteiger partial charge in [0.25, 0.3) is 0 Å². The lowest BCUT2D eigenvalue weighted by Gasteiger charge is -2.20. The van der Waals surface area contributed by atoms with Crippen molar-refractivity contribution in [3.63, 3.8) is 0 Å². The van der Waals surface area contributed by atoms with Gasteiger partial charge in [0.1, 0.15) is 17.2 Å². The molecule has 0 amide bonds. The van der Waals surface area contributed by atoms with Gasteiger partial charge in [-0.3, -0.25) is 4.57 Å². The molecule has 23 heavy (non-hydrogen) atoms. The van der Waals surface area contributed by atoms with Crippen LogP contribution >= 0.6 is 7.37 Å². The van der Waals surface area contributed by atoms with Gasteiger partial charge in [-0.25, -0.2) is 0 Å². The van der Waals surface area contributed by atoms with Gasteiger partial charge in [-0.1, -0.05) is 18.2 Å². The molecular formula is C18H15O4P. The van der Waals surface area contributed by atoms with Gasteiger partial charge >= 0.3 is 7.37 Å². The first kappa shape index (κ1) is 15.2. The van der Waals surface area contributed by atoms with E-state index in [-0.39, 0.29) is 11.5 Å². The molecule has 0 aliphatic rings. The van der Waals surface area contributed by atoms with Crippen molar-refractivity contribution in [2.45, 2.75) is 0 Å². The van der Waals surface area contributed by atoms with Gasteiger partial charge in [-0.05, 0) is 60.7 Å². The monoisotopic (exact) mass is 326 g/mol. The number of phenols is 2. The zero-order valence-electron chi connectivity index (χ0n) is 12.2. The molecule has 3 rings (SSSR count). The van der Waals surface area contributed by atoms with Gasteiger partial charge < -0.3 is 14.7 Å². The van der Waals surface area contributed by atoms with Crippen LogP contribution < -0.4 is 15.1 Å². The van der Waals surface area contributed by atoms with Crippen molar-refractivity contribution in [2.75, 3.05) is 0 Å². The molecular weight excluding hydrogens is 311 g/mol. The van der Waals surface area contributed by atoms with Crippen LogP contribution in [0.2, 0.25) is 0 Å². The van der Waals surface area contributed by atoms with Crippen molar-refractivity contribution in [3.05, 3.63) is 78.9 Å². The molecule has 4 nitrogen and oxygen atoms in total. The van der Waals surface area contributed by atoms with Crippen LogP contribution in [0.1, 0.15) is 0 Å². The SMILES string of the molecule is O=P(Oc1ccc(O)cc1)(c1ccccc1)c1ccc(O)cc1. The van der Waals surface area contributed by atoms with Crippen molar-refractivity contribution in [2.24, 2.45) is 0 Å². The highest BCUT2D eigenvalue weighted by molar-refractivity contribution is 7.74. The van der Waals surface area contributed by atoms with Crippen LogP contribution in [0.15, 0.2) is 78.9 Å². The minimum absolute atomic E-state index is 0.0954. The predicted octanol–water partition coefficient (Wildman–Crippen LogP) is 3.41. The molecule has 0 heterocycles. The molecule has 0 bridgehead atoms. The van der Waals surface area contributed by atoms with E-state index < -0.39 is 7.37 Å². The first-order valence-electron chi connectivity index (χ1n) is 7.02. The van der Waals surface area contributed by atoms with E-state index in [9.17, 15) is 14.8 Å². The van der Waals surface area contributed by atoms with Crippen LogP contribution in [0.3, 0.4) is 0 Å². The van der Waals surface area contributed by atoms with Crippen LogP contribution in [-0.4, -0.2) is 10.2 Å². The Morgan fingerprint density at radius 3 is 1.70 bits per heavy atom. The average molecular weight is 326 g/mol. The molecule has 116 valence electrons. The van der Waals surface area contributed by atoms with Crippen LogP contribution in [0.5, 0.6) is 17.2 Å². The van der Waals surface area contributed by atoms with E-state index in [0.29, 0.717) is 16.4 Å². The molecule has 1 atom stereocenters. The van der Waals surface area contributed by atoms with E-state index >= 15 is 0 Å². The molecule has 0 saturated carbocycles. The summed E-state index contributed by atoms with van der Waals surface area (Å²) in [6, 6.07) is 21.1. The maximum atomic E-state index is 13.6. The van der Waals surface area contributed by atoms with Gasteiger partial charge in [0, 0.05) is 0 Å². The minimum atomic E-state index is -3.37. The van der Waals surface area contributed by atoms with E-state index in [1.54, 1.807) is 48.5 Å². The van der Waals surface area contributed by atoms with E-state index in [0.717, 1.165) is 0 Å². The van der Waals surface area contributed by atoms with Gasteiger partial charge in [0.05, 0.1) is 10.6 Å². The Labute approximate surface area is 134 Å². The Balaban J connectivity index is 2.08. The molecule has 3 aromatic rings. The van der Waals surface area contributed by atoms with Crippen LogP contribution in [0.4, 0.5) is 0 Å². The highest BCUT2D eigenvalue weighted by Gasteiger charge is 2.30. The Hall–Kier alpha value is -2.71. The lowest BCUT2D eigenvalue weighted by molar-refractivity contribution is 0.471. The summed E-state index contributed by atoms with van der Waals surface area (Å²) in [4.78, 5) is 0. The number of rotatable bonds is 4. The standard InChI is InChI=1S/C18H15O4P/c19-14-6-10-16(11-7-14)22-23(21,17-4-2-1-3-5-17)18-12-8-15(20)9-13-18/h1-13,19-20H. The Morgan fingerprint density at radius 2 is 1.13 bits per heavy atom. The highest BCUT2D eigenvalue weighted by Crippen LogP contribution is 2.45. The van der Waals surface area contributed by atoms with Crippen molar-refractivity contribution >= 4 is 18.0 Å². The van der Waals surface area contributed by atoms with Crippen LogP contribution in [0, 0.1) is 0 Å². The third-order valence-electron chi connectivity index (χ3n) is 3.36. The first-order chi connectivity index (χ1) is 11.1. The fourth-order valence-corrected chi connectivity index (χ4v) is 4.22. The number of hydrogen-bond acceptors (Lipinski definition) is 4. The summed E-state index contributed by atoms with van der Waals surface area (Å²) in [7, 11) is -3.37. The summed E-state index contributed by atoms with van der Waals surface area (Å²) in [5, 5.41) is 19.9. The second kappa shape index (κ2) is 6.19. The second-order valence-electron chi connectivity index (χ2n) is 4.99. The summed E-state index contributed by atoms with van der Waals surface area (Å²) in [5.74, 6) is 0.595. The zero-order chi connectivity index (χ0) is 16.3. The molecule has 2 N–H and O–H groups in total. The zero-order valence-corrected chi connectivity index (χ0v) is 13.1. The maximum absolute atomic E-state index is 13.6. The summed E-state index contributed by atoms with van der Waals surface area (Å²) >= 11 is 0. The van der Waals surface area contributed by atoms with E-state index in [4.69, 9.17) is 4.52 Å². The normalized spacial score (nSPS) is 13.2. The molecule has 0 aromatic heterocycles. The van der Waals surface area contributed by atoms with Crippen LogP contribution in [0.25, 0.3) is 0 Å². The fraction of sp³-hybridized carbons (Fsp3) is 0. The fourth-order valence-electron chi connectivity index (χ4n) is 2.18. The quantitative estimate of drug-likeness (QED) is 0.721. The van der Waals surface area contributed by atoms with E-state index in [1.807, 2.05) is 6.07 Å². The molecule has 0 radical (unpaired) electrons. The van der Waals surface area contributed by atoms with Crippen molar-refractivity contribution in [1.29, 1.82) is 0 Å². The number of phenolic OH excluding ortho intramolecular Hbond substituents is 2. The summed E-state index contributed by atoms with van der Waals surface area (Å²) in [6.07, 6.45) is 0. The largest absolute Gasteiger partial charge is 0.508 e. The number of hydrogen-bond donors (Lipinski definition) is 2. The second-order valence-corrected chi connectivity index (χ2v) is 7.31. The Morgan fingerprint density at radius 1 is 0.652 bits per heavy atom. The van der Waals surface area contributed by atoms with Crippen LogP contribution in [-0.2, 0) is 4.57 Å². The molecule has 0 aliphatic heterocycles. The number of benzene rings is 3. The summed E-state index contributed by atoms with van der Waals surface area (Å²) in [5.41, 5.74) is 0. The third kappa shape index (κ3) is 3.22. The summed E-state index contributed by atoms with van der Waals surface area (Å²) < 4.78 is 19.4. The summed E-state index contributed by atoms with van der Waals surface area (Å²) in [6.45, 7) is 0. The van der Waals surface area contributed by atoms with Gasteiger partial charge in [0.15, 0.2) is 0 Å². The smallest absolute Gasteiger partial charge is 0.306 e. The first-order valence-corrected chi connectivity index (χ1v) is 8.64. The minimum Gasteiger partial charge on any atom is -0.508 e. The third-order valence-corrected chi connectivity index (χ3v) is 5.78. The highest BCUT2D eigenvalue weighted by atomic mass is 31.2. The predicted molar refractivity (Wildman–Crippen MR) is 90.2 cm³/mol. The topological polar surface area (TPSA) is 66.8 Å². The Bertz CT molecular complexity index is 827. The molecule has 0 saturated heterocycles. The van der Waals surface area contributed by atoms with Gasteiger partial charge in [-0.2, -0.15) is 0 Å². The van der Waals surface area contributed by atoms with Crippen molar-refractivity contribution in [3.8, 4) is 17.2 Å². The lowest BCUT2D eigenvalue weighted by atomic mass is 10.3. The van der Waals surface area contributed by atoms with E-state index in [1.165, 1.54) is 24.3 Å². The molecule has 5 heteroatoms.